The first-order valence-electron chi connectivity index (χ1n) is 9.49. The molecule has 1 aromatic rings. The van der Waals surface area contributed by atoms with E-state index in [1.165, 1.54) is 0 Å². The molecule has 7 nitrogen and oxygen atoms in total. The average molecular weight is 359 g/mol. The van der Waals surface area contributed by atoms with Gasteiger partial charge < -0.3 is 25.6 Å². The second-order valence-corrected chi connectivity index (χ2v) is 6.65. The van der Waals surface area contributed by atoms with E-state index in [9.17, 15) is 4.79 Å². The van der Waals surface area contributed by atoms with Gasteiger partial charge in [-0.2, -0.15) is 0 Å². The third-order valence-corrected chi connectivity index (χ3v) is 4.62. The van der Waals surface area contributed by atoms with Crippen molar-refractivity contribution in [3.05, 3.63) is 29.8 Å². The number of nitrogens with one attached hydrogen (secondary N) is 3. The molecule has 2 aliphatic rings. The van der Waals surface area contributed by atoms with Gasteiger partial charge in [0.05, 0.1) is 19.2 Å². The van der Waals surface area contributed by atoms with Crippen molar-refractivity contribution >= 4 is 17.6 Å². The lowest BCUT2D eigenvalue weighted by Gasteiger charge is -2.28. The van der Waals surface area contributed by atoms with E-state index in [1.807, 2.05) is 0 Å². The maximum absolute atomic E-state index is 11.5. The van der Waals surface area contributed by atoms with Crippen molar-refractivity contribution in [1.29, 1.82) is 0 Å². The molecule has 0 aromatic heterocycles. The SMILES string of the molecule is CCNC(=NCc1ccc(N2CCNC(=O)C2)cc1)NCC1CCCO1. The second-order valence-electron chi connectivity index (χ2n) is 6.65. The molecule has 1 unspecified atom stereocenters. The van der Waals surface area contributed by atoms with Crippen molar-refractivity contribution in [2.24, 2.45) is 4.99 Å². The normalized spacial score (nSPS) is 20.8. The Bertz CT molecular complexity index is 611. The summed E-state index contributed by atoms with van der Waals surface area (Å²) in [6.45, 7) is 7.14. The van der Waals surface area contributed by atoms with Gasteiger partial charge in [0.25, 0.3) is 0 Å². The van der Waals surface area contributed by atoms with Crippen LogP contribution in [0.5, 0.6) is 0 Å². The fourth-order valence-corrected chi connectivity index (χ4v) is 3.20. The van der Waals surface area contributed by atoms with Gasteiger partial charge in [0, 0.05) is 38.5 Å². The molecule has 2 saturated heterocycles. The number of rotatable bonds is 6. The molecule has 142 valence electrons. The number of anilines is 1. The first-order chi connectivity index (χ1) is 12.7. The highest BCUT2D eigenvalue weighted by Gasteiger charge is 2.16. The molecule has 1 amide bonds. The molecular formula is C19H29N5O2. The number of benzene rings is 1. The number of nitrogens with zero attached hydrogens (tertiary/aromatic N) is 2. The molecular weight excluding hydrogens is 330 g/mol. The predicted octanol–water partition coefficient (Wildman–Crippen LogP) is 0.857. The quantitative estimate of drug-likeness (QED) is 0.519. The molecule has 1 atom stereocenters. The number of amides is 1. The summed E-state index contributed by atoms with van der Waals surface area (Å²) in [5.41, 5.74) is 2.22. The second kappa shape index (κ2) is 9.43. The van der Waals surface area contributed by atoms with Gasteiger partial charge in [-0.15, -0.1) is 0 Å². The summed E-state index contributed by atoms with van der Waals surface area (Å²) < 4.78 is 5.64. The summed E-state index contributed by atoms with van der Waals surface area (Å²) in [6.07, 6.45) is 2.55. The number of piperazine rings is 1. The van der Waals surface area contributed by atoms with Gasteiger partial charge in [0.2, 0.25) is 5.91 Å². The molecule has 0 bridgehead atoms. The minimum Gasteiger partial charge on any atom is -0.376 e. The molecule has 7 heteroatoms. The Labute approximate surface area is 155 Å². The third kappa shape index (κ3) is 5.36. The lowest BCUT2D eigenvalue weighted by molar-refractivity contribution is -0.120. The van der Waals surface area contributed by atoms with E-state index in [1.54, 1.807) is 0 Å². The summed E-state index contributed by atoms with van der Waals surface area (Å²) in [5, 5.41) is 9.49. The zero-order chi connectivity index (χ0) is 18.2. The first-order valence-corrected chi connectivity index (χ1v) is 9.49. The number of guanidine groups is 1. The standard InChI is InChI=1S/C19H29N5O2/c1-2-20-19(23-13-17-4-3-11-26-17)22-12-15-5-7-16(8-6-15)24-10-9-21-18(25)14-24/h5-8,17H,2-4,9-14H2,1H3,(H,21,25)(H2,20,22,23). The Kier molecular flexibility index (Phi) is 6.71. The molecule has 0 spiro atoms. The van der Waals surface area contributed by atoms with Crippen LogP contribution in [0, 0.1) is 0 Å². The summed E-state index contributed by atoms with van der Waals surface area (Å²) in [5.74, 6) is 0.900. The minimum atomic E-state index is 0.0810. The number of hydrogen-bond donors (Lipinski definition) is 3. The van der Waals surface area contributed by atoms with E-state index in [0.717, 1.165) is 56.3 Å². The van der Waals surface area contributed by atoms with E-state index in [0.29, 0.717) is 25.7 Å². The number of ether oxygens (including phenoxy) is 1. The zero-order valence-corrected chi connectivity index (χ0v) is 15.5. The highest BCUT2D eigenvalue weighted by atomic mass is 16.5. The fraction of sp³-hybridized carbons (Fsp3) is 0.579. The third-order valence-electron chi connectivity index (χ3n) is 4.62. The van der Waals surface area contributed by atoms with E-state index < -0.39 is 0 Å². The molecule has 26 heavy (non-hydrogen) atoms. The van der Waals surface area contributed by atoms with E-state index in [-0.39, 0.29) is 5.91 Å². The molecule has 0 saturated carbocycles. The minimum absolute atomic E-state index is 0.0810. The Balaban J connectivity index is 1.53. The molecule has 2 fully saturated rings. The molecule has 0 radical (unpaired) electrons. The van der Waals surface area contributed by atoms with Crippen molar-refractivity contribution in [3.63, 3.8) is 0 Å². The summed E-state index contributed by atoms with van der Waals surface area (Å²) in [7, 11) is 0. The number of carbonyl (C=O) groups excluding carboxylic acids is 1. The van der Waals surface area contributed by atoms with Crippen LogP contribution in [-0.4, -0.2) is 57.3 Å². The molecule has 2 aliphatic heterocycles. The fourth-order valence-electron chi connectivity index (χ4n) is 3.20. The van der Waals surface area contributed by atoms with Crippen molar-refractivity contribution in [1.82, 2.24) is 16.0 Å². The van der Waals surface area contributed by atoms with Crippen molar-refractivity contribution in [2.75, 3.05) is 44.2 Å². The Hall–Kier alpha value is -2.28. The lowest BCUT2D eigenvalue weighted by atomic mass is 10.2. The number of carbonyl (C=O) groups is 1. The average Bonchev–Trinajstić information content (AvgIpc) is 3.18. The van der Waals surface area contributed by atoms with Crippen LogP contribution < -0.4 is 20.9 Å². The predicted molar refractivity (Wildman–Crippen MR) is 103 cm³/mol. The Morgan fingerprint density at radius 3 is 2.88 bits per heavy atom. The van der Waals surface area contributed by atoms with Crippen molar-refractivity contribution in [3.8, 4) is 0 Å². The first kappa shape index (κ1) is 18.5. The molecule has 3 N–H and O–H groups in total. The van der Waals surface area contributed by atoms with Crippen LogP contribution in [0.4, 0.5) is 5.69 Å². The van der Waals surface area contributed by atoms with Gasteiger partial charge in [-0.1, -0.05) is 12.1 Å². The van der Waals surface area contributed by atoms with E-state index >= 15 is 0 Å². The van der Waals surface area contributed by atoms with Gasteiger partial charge in [-0.3, -0.25) is 4.79 Å². The van der Waals surface area contributed by atoms with Crippen LogP contribution in [0.25, 0.3) is 0 Å². The highest BCUT2D eigenvalue weighted by Crippen LogP contribution is 2.16. The maximum atomic E-state index is 11.5. The summed E-state index contributed by atoms with van der Waals surface area (Å²) in [4.78, 5) is 18.3. The smallest absolute Gasteiger partial charge is 0.239 e. The van der Waals surface area contributed by atoms with Crippen LogP contribution in [-0.2, 0) is 16.1 Å². The van der Waals surface area contributed by atoms with Gasteiger partial charge in [-0.25, -0.2) is 4.99 Å². The number of aliphatic imine (C=N–C) groups is 1. The maximum Gasteiger partial charge on any atom is 0.239 e. The number of hydrogen-bond acceptors (Lipinski definition) is 4. The zero-order valence-electron chi connectivity index (χ0n) is 15.5. The van der Waals surface area contributed by atoms with Crippen molar-refractivity contribution in [2.45, 2.75) is 32.4 Å². The molecule has 3 rings (SSSR count). The Morgan fingerprint density at radius 2 is 2.19 bits per heavy atom. The highest BCUT2D eigenvalue weighted by molar-refractivity contribution is 5.82. The molecule has 0 aliphatic carbocycles. The largest absolute Gasteiger partial charge is 0.376 e. The van der Waals surface area contributed by atoms with E-state index in [2.05, 4.69) is 57.0 Å². The lowest BCUT2D eigenvalue weighted by Crippen LogP contribution is -2.47. The van der Waals surface area contributed by atoms with Gasteiger partial charge in [0.1, 0.15) is 0 Å². The monoisotopic (exact) mass is 359 g/mol. The van der Waals surface area contributed by atoms with Crippen molar-refractivity contribution < 1.29 is 9.53 Å². The van der Waals surface area contributed by atoms with Crippen LogP contribution >= 0.6 is 0 Å². The van der Waals surface area contributed by atoms with Crippen LogP contribution in [0.2, 0.25) is 0 Å². The van der Waals surface area contributed by atoms with E-state index in [4.69, 9.17) is 4.74 Å². The van der Waals surface area contributed by atoms with Crippen LogP contribution in [0.1, 0.15) is 25.3 Å². The van der Waals surface area contributed by atoms with Gasteiger partial charge in [-0.05, 0) is 37.5 Å². The Morgan fingerprint density at radius 1 is 1.35 bits per heavy atom. The van der Waals surface area contributed by atoms with Crippen LogP contribution in [0.15, 0.2) is 29.3 Å². The topological polar surface area (TPSA) is 78.0 Å². The summed E-state index contributed by atoms with van der Waals surface area (Å²) in [6, 6.07) is 8.29. The molecule has 2 heterocycles. The molecule has 1 aromatic carbocycles. The summed E-state index contributed by atoms with van der Waals surface area (Å²) >= 11 is 0. The van der Waals surface area contributed by atoms with Crippen LogP contribution in [0.3, 0.4) is 0 Å². The van der Waals surface area contributed by atoms with Gasteiger partial charge in [0.15, 0.2) is 5.96 Å². The van der Waals surface area contributed by atoms with Gasteiger partial charge >= 0.3 is 0 Å².